The van der Waals surface area contributed by atoms with Crippen molar-refractivity contribution in [2.75, 3.05) is 5.32 Å². The molecule has 4 nitrogen and oxygen atoms in total. The maximum Gasteiger partial charge on any atom is 0.412 e. The van der Waals surface area contributed by atoms with E-state index < -0.39 is 11.7 Å². The average molecular weight is 270 g/mol. The van der Waals surface area contributed by atoms with Gasteiger partial charge in [0.05, 0.1) is 5.69 Å². The summed E-state index contributed by atoms with van der Waals surface area (Å²) in [4.78, 5) is 23.0. The van der Waals surface area contributed by atoms with Crippen molar-refractivity contribution >= 4 is 29.2 Å². The highest BCUT2D eigenvalue weighted by atomic mass is 35.5. The number of hydrogen-bond acceptors (Lipinski definition) is 3. The largest absolute Gasteiger partial charge is 0.444 e. The number of anilines is 1. The Kier molecular flexibility index (Phi) is 4.35. The molecule has 0 aromatic heterocycles. The molecule has 5 heteroatoms. The Morgan fingerprint density at radius 3 is 2.39 bits per heavy atom. The second-order valence-electron chi connectivity index (χ2n) is 4.87. The summed E-state index contributed by atoms with van der Waals surface area (Å²) in [5.41, 5.74) is 0.155. The van der Waals surface area contributed by atoms with Crippen molar-refractivity contribution in [1.82, 2.24) is 0 Å². The molecule has 0 unspecified atom stereocenters. The lowest BCUT2D eigenvalue weighted by molar-refractivity contribution is 0.0636. The van der Waals surface area contributed by atoms with Crippen LogP contribution in [-0.2, 0) is 4.74 Å². The molecule has 0 spiro atoms. The van der Waals surface area contributed by atoms with Gasteiger partial charge in [-0.25, -0.2) is 4.79 Å². The van der Waals surface area contributed by atoms with Crippen molar-refractivity contribution in [2.24, 2.45) is 0 Å². The summed E-state index contributed by atoms with van der Waals surface area (Å²) < 4.78 is 5.11. The molecular weight excluding hydrogens is 254 g/mol. The predicted molar refractivity (Wildman–Crippen MR) is 71.3 cm³/mol. The third-order valence-electron chi connectivity index (χ3n) is 2.00. The highest BCUT2D eigenvalue weighted by Crippen LogP contribution is 2.22. The van der Waals surface area contributed by atoms with E-state index in [-0.39, 0.29) is 5.78 Å². The zero-order valence-electron chi connectivity index (χ0n) is 10.8. The van der Waals surface area contributed by atoms with Gasteiger partial charge >= 0.3 is 6.09 Å². The molecule has 18 heavy (non-hydrogen) atoms. The van der Waals surface area contributed by atoms with E-state index in [1.807, 2.05) is 0 Å². The van der Waals surface area contributed by atoms with Crippen LogP contribution in [0.25, 0.3) is 0 Å². The van der Waals surface area contributed by atoms with Crippen LogP contribution < -0.4 is 5.32 Å². The molecule has 0 aliphatic heterocycles. The van der Waals surface area contributed by atoms with E-state index in [0.717, 1.165) is 0 Å². The standard InChI is InChI=1S/C13H16ClNO3/c1-8(16)10-7-9(14)5-6-11(10)15-12(17)18-13(2,3)4/h5-7H,1-4H3,(H,15,17). The molecule has 0 aliphatic rings. The zero-order chi connectivity index (χ0) is 13.9. The third-order valence-corrected chi connectivity index (χ3v) is 2.23. The van der Waals surface area contributed by atoms with Gasteiger partial charge in [-0.05, 0) is 45.9 Å². The lowest BCUT2D eigenvalue weighted by Crippen LogP contribution is -2.27. The Morgan fingerprint density at radius 2 is 1.89 bits per heavy atom. The number of carbonyl (C=O) groups is 2. The van der Waals surface area contributed by atoms with Crippen molar-refractivity contribution in [3.63, 3.8) is 0 Å². The Labute approximate surface area is 111 Å². The second kappa shape index (κ2) is 5.40. The van der Waals surface area contributed by atoms with Gasteiger partial charge in [0.2, 0.25) is 0 Å². The van der Waals surface area contributed by atoms with Gasteiger partial charge < -0.3 is 4.74 Å². The SMILES string of the molecule is CC(=O)c1cc(Cl)ccc1NC(=O)OC(C)(C)C. The summed E-state index contributed by atoms with van der Waals surface area (Å²) in [5.74, 6) is -0.177. The quantitative estimate of drug-likeness (QED) is 0.829. The monoisotopic (exact) mass is 269 g/mol. The first-order valence-corrected chi connectivity index (χ1v) is 5.87. The van der Waals surface area contributed by atoms with Gasteiger partial charge in [-0.1, -0.05) is 11.6 Å². The molecule has 0 radical (unpaired) electrons. The second-order valence-corrected chi connectivity index (χ2v) is 5.31. The smallest absolute Gasteiger partial charge is 0.412 e. The number of ketones is 1. The number of carbonyl (C=O) groups excluding carboxylic acids is 2. The van der Waals surface area contributed by atoms with Crippen LogP contribution in [0.1, 0.15) is 38.1 Å². The molecular formula is C13H16ClNO3. The van der Waals surface area contributed by atoms with Crippen LogP contribution >= 0.6 is 11.6 Å². The van der Waals surface area contributed by atoms with Crippen molar-refractivity contribution in [3.8, 4) is 0 Å². The van der Waals surface area contributed by atoms with Crippen LogP contribution in [0.5, 0.6) is 0 Å². The summed E-state index contributed by atoms with van der Waals surface area (Å²) in [6.07, 6.45) is -0.604. The van der Waals surface area contributed by atoms with Crippen LogP contribution in [0.2, 0.25) is 5.02 Å². The molecule has 1 aromatic carbocycles. The molecule has 0 heterocycles. The maximum absolute atomic E-state index is 11.6. The zero-order valence-corrected chi connectivity index (χ0v) is 11.6. The van der Waals surface area contributed by atoms with Gasteiger partial charge in [-0.15, -0.1) is 0 Å². The highest BCUT2D eigenvalue weighted by molar-refractivity contribution is 6.31. The van der Waals surface area contributed by atoms with E-state index >= 15 is 0 Å². The Hall–Kier alpha value is -1.55. The van der Waals surface area contributed by atoms with E-state index in [1.54, 1.807) is 32.9 Å². The lowest BCUT2D eigenvalue weighted by atomic mass is 10.1. The summed E-state index contributed by atoms with van der Waals surface area (Å²) in [6, 6.07) is 4.68. The molecule has 98 valence electrons. The minimum atomic E-state index is -0.604. The molecule has 1 aromatic rings. The third kappa shape index (κ3) is 4.37. The molecule has 0 saturated heterocycles. The van der Waals surface area contributed by atoms with E-state index in [2.05, 4.69) is 5.32 Å². The predicted octanol–water partition coefficient (Wildman–Crippen LogP) is 3.89. The van der Waals surface area contributed by atoms with Crippen molar-refractivity contribution in [2.45, 2.75) is 33.3 Å². The number of amides is 1. The number of ether oxygens (including phenoxy) is 1. The summed E-state index contributed by atoms with van der Waals surface area (Å²) in [7, 11) is 0. The number of nitrogens with one attached hydrogen (secondary N) is 1. The molecule has 0 saturated carbocycles. The number of Topliss-reactive ketones (excluding diaryl/α,β-unsaturated/α-hetero) is 1. The first-order chi connectivity index (χ1) is 8.19. The first-order valence-electron chi connectivity index (χ1n) is 5.49. The van der Waals surface area contributed by atoms with Gasteiger partial charge in [-0.3, -0.25) is 10.1 Å². The normalized spacial score (nSPS) is 10.9. The van der Waals surface area contributed by atoms with E-state index in [9.17, 15) is 9.59 Å². The first kappa shape index (κ1) is 14.5. The average Bonchev–Trinajstić information content (AvgIpc) is 2.17. The van der Waals surface area contributed by atoms with Crippen molar-refractivity contribution < 1.29 is 14.3 Å². The fraction of sp³-hybridized carbons (Fsp3) is 0.385. The van der Waals surface area contributed by atoms with Crippen molar-refractivity contribution in [1.29, 1.82) is 0 Å². The summed E-state index contributed by atoms with van der Waals surface area (Å²) in [5, 5.41) is 2.97. The van der Waals surface area contributed by atoms with Gasteiger partial charge in [0.15, 0.2) is 5.78 Å². The van der Waals surface area contributed by atoms with Crippen LogP contribution in [0.15, 0.2) is 18.2 Å². The molecule has 0 fully saturated rings. The molecule has 1 N–H and O–H groups in total. The number of halogens is 1. The fourth-order valence-electron chi connectivity index (χ4n) is 1.33. The highest BCUT2D eigenvalue weighted by Gasteiger charge is 2.18. The van der Waals surface area contributed by atoms with E-state index in [4.69, 9.17) is 16.3 Å². The van der Waals surface area contributed by atoms with Crippen LogP contribution in [0.3, 0.4) is 0 Å². The van der Waals surface area contributed by atoms with E-state index in [0.29, 0.717) is 16.3 Å². The van der Waals surface area contributed by atoms with Crippen LogP contribution in [0, 0.1) is 0 Å². The fourth-order valence-corrected chi connectivity index (χ4v) is 1.50. The van der Waals surface area contributed by atoms with Gasteiger partial charge in [0, 0.05) is 10.6 Å². The maximum atomic E-state index is 11.6. The molecule has 0 atom stereocenters. The van der Waals surface area contributed by atoms with Crippen molar-refractivity contribution in [3.05, 3.63) is 28.8 Å². The van der Waals surface area contributed by atoms with Gasteiger partial charge in [-0.2, -0.15) is 0 Å². The Balaban J connectivity index is 2.91. The molecule has 0 aliphatic carbocycles. The van der Waals surface area contributed by atoms with Gasteiger partial charge in [0.1, 0.15) is 5.60 Å². The number of benzene rings is 1. The van der Waals surface area contributed by atoms with Crippen LogP contribution in [0.4, 0.5) is 10.5 Å². The minimum absolute atomic E-state index is 0.177. The lowest BCUT2D eigenvalue weighted by Gasteiger charge is -2.20. The molecule has 1 amide bonds. The molecule has 0 bridgehead atoms. The number of rotatable bonds is 2. The topological polar surface area (TPSA) is 55.4 Å². The summed E-state index contributed by atoms with van der Waals surface area (Å²) >= 11 is 5.81. The molecule has 1 rings (SSSR count). The Morgan fingerprint density at radius 1 is 1.28 bits per heavy atom. The number of hydrogen-bond donors (Lipinski definition) is 1. The van der Waals surface area contributed by atoms with Gasteiger partial charge in [0.25, 0.3) is 0 Å². The van der Waals surface area contributed by atoms with Crippen LogP contribution in [-0.4, -0.2) is 17.5 Å². The van der Waals surface area contributed by atoms with E-state index in [1.165, 1.54) is 13.0 Å². The Bertz CT molecular complexity index is 478. The minimum Gasteiger partial charge on any atom is -0.444 e. The summed E-state index contributed by atoms with van der Waals surface area (Å²) in [6.45, 7) is 6.70.